The Hall–Kier alpha value is -4.24. The molecule has 1 aliphatic heterocycles. The predicted octanol–water partition coefficient (Wildman–Crippen LogP) is 4.00. The summed E-state index contributed by atoms with van der Waals surface area (Å²) in [7, 11) is 0. The molecule has 0 bridgehead atoms. The summed E-state index contributed by atoms with van der Waals surface area (Å²) in [5.41, 5.74) is 2.94. The van der Waals surface area contributed by atoms with E-state index in [0.717, 1.165) is 11.1 Å². The van der Waals surface area contributed by atoms with Crippen LogP contribution in [0.3, 0.4) is 0 Å². The first-order valence-corrected chi connectivity index (χ1v) is 12.9. The summed E-state index contributed by atoms with van der Waals surface area (Å²) in [5.74, 6) is -2.75. The number of halogens is 1. The van der Waals surface area contributed by atoms with Gasteiger partial charge in [0.05, 0.1) is 18.0 Å². The lowest BCUT2D eigenvalue weighted by Gasteiger charge is -2.43. The number of nitrogens with zero attached hydrogens (tertiary/aromatic N) is 3. The van der Waals surface area contributed by atoms with Gasteiger partial charge in [-0.25, -0.2) is 4.98 Å². The highest BCUT2D eigenvalue weighted by atomic mass is 35.5. The Morgan fingerprint density at radius 1 is 0.974 bits per heavy atom. The van der Waals surface area contributed by atoms with E-state index in [4.69, 9.17) is 11.6 Å². The zero-order valence-electron chi connectivity index (χ0n) is 21.6. The van der Waals surface area contributed by atoms with Gasteiger partial charge >= 0.3 is 5.97 Å². The van der Waals surface area contributed by atoms with E-state index in [2.05, 4.69) is 10.3 Å². The van der Waals surface area contributed by atoms with Gasteiger partial charge in [0.25, 0.3) is 17.7 Å². The summed E-state index contributed by atoms with van der Waals surface area (Å²) in [5, 5.41) is 12.3. The van der Waals surface area contributed by atoms with Gasteiger partial charge in [0.2, 0.25) is 0 Å². The fraction of sp³-hybridized carbons (Fsp3) is 0.276. The second-order valence-electron chi connectivity index (χ2n) is 9.51. The molecule has 9 nitrogen and oxygen atoms in total. The Morgan fingerprint density at radius 2 is 1.67 bits per heavy atom. The van der Waals surface area contributed by atoms with E-state index < -0.39 is 35.9 Å². The summed E-state index contributed by atoms with van der Waals surface area (Å²) in [6, 6.07) is 16.3. The molecule has 1 fully saturated rings. The molecular formula is C29H29ClN4O5. The Balaban J connectivity index is 1.73. The van der Waals surface area contributed by atoms with Gasteiger partial charge in [-0.05, 0) is 50.1 Å². The number of aryl methyl sites for hydroxylation is 2. The maximum Gasteiger partial charge on any atom is 0.305 e. The molecule has 1 aliphatic rings. The van der Waals surface area contributed by atoms with Crippen LogP contribution in [0, 0.1) is 13.8 Å². The molecule has 2 unspecified atom stereocenters. The molecule has 2 aromatic carbocycles. The van der Waals surface area contributed by atoms with E-state index in [1.807, 2.05) is 19.9 Å². The zero-order valence-corrected chi connectivity index (χ0v) is 22.4. The minimum absolute atomic E-state index is 0.0212. The number of rotatable bonds is 7. The molecule has 10 heteroatoms. The smallest absolute Gasteiger partial charge is 0.305 e. The molecule has 0 saturated carbocycles. The van der Waals surface area contributed by atoms with E-state index in [1.165, 1.54) is 22.1 Å². The van der Waals surface area contributed by atoms with E-state index in [0.29, 0.717) is 17.5 Å². The molecule has 0 aliphatic carbocycles. The third-order valence-electron chi connectivity index (χ3n) is 6.57. The maximum absolute atomic E-state index is 13.9. The van der Waals surface area contributed by atoms with Gasteiger partial charge in [0, 0.05) is 24.8 Å². The maximum atomic E-state index is 13.9. The summed E-state index contributed by atoms with van der Waals surface area (Å²) in [6.45, 7) is 4.18. The van der Waals surface area contributed by atoms with Crippen molar-refractivity contribution in [1.29, 1.82) is 0 Å². The Morgan fingerprint density at radius 3 is 2.31 bits per heavy atom. The topological polar surface area (TPSA) is 120 Å². The number of amides is 3. The van der Waals surface area contributed by atoms with Crippen molar-refractivity contribution >= 4 is 35.3 Å². The molecule has 4 rings (SSSR count). The minimum Gasteiger partial charge on any atom is -0.481 e. The van der Waals surface area contributed by atoms with Gasteiger partial charge in [-0.3, -0.25) is 19.2 Å². The SMILES string of the molecule is Cc1ccc(C(=O)N2CCCN(C(=O)c3cccnc3Cl)C2C(=O)NC(CC(=O)O)c2cccc(C)c2)cc1. The third kappa shape index (κ3) is 6.43. The molecule has 2 heterocycles. The first-order valence-electron chi connectivity index (χ1n) is 12.5. The first-order chi connectivity index (χ1) is 18.7. The van der Waals surface area contributed by atoms with Crippen LogP contribution in [-0.4, -0.2) is 62.8 Å². The van der Waals surface area contributed by atoms with Crippen molar-refractivity contribution in [2.75, 3.05) is 13.1 Å². The number of hydrogen-bond donors (Lipinski definition) is 2. The second kappa shape index (κ2) is 12.1. The van der Waals surface area contributed by atoms with Crippen LogP contribution in [0.2, 0.25) is 5.15 Å². The van der Waals surface area contributed by atoms with Gasteiger partial charge in [-0.15, -0.1) is 0 Å². The normalized spacial score (nSPS) is 15.9. The molecule has 2 atom stereocenters. The lowest BCUT2D eigenvalue weighted by atomic mass is 10.0. The van der Waals surface area contributed by atoms with Crippen molar-refractivity contribution in [3.8, 4) is 0 Å². The van der Waals surface area contributed by atoms with Crippen LogP contribution in [0.1, 0.15) is 56.3 Å². The van der Waals surface area contributed by atoms with E-state index >= 15 is 0 Å². The predicted molar refractivity (Wildman–Crippen MR) is 145 cm³/mol. The van der Waals surface area contributed by atoms with Gasteiger partial charge in [0.1, 0.15) is 5.15 Å². The molecule has 3 aromatic rings. The molecule has 39 heavy (non-hydrogen) atoms. The van der Waals surface area contributed by atoms with Crippen molar-refractivity contribution in [1.82, 2.24) is 20.1 Å². The number of aromatic nitrogens is 1. The van der Waals surface area contributed by atoms with E-state index in [9.17, 15) is 24.3 Å². The monoisotopic (exact) mass is 548 g/mol. The van der Waals surface area contributed by atoms with Gasteiger partial charge < -0.3 is 20.2 Å². The van der Waals surface area contributed by atoms with Crippen molar-refractivity contribution in [3.63, 3.8) is 0 Å². The number of carbonyl (C=O) groups excluding carboxylic acids is 3. The van der Waals surface area contributed by atoms with Crippen LogP contribution < -0.4 is 5.32 Å². The number of carboxylic acids is 1. The summed E-state index contributed by atoms with van der Waals surface area (Å²) >= 11 is 6.21. The Bertz CT molecular complexity index is 1390. The zero-order chi connectivity index (χ0) is 28.1. The summed E-state index contributed by atoms with van der Waals surface area (Å²) < 4.78 is 0. The van der Waals surface area contributed by atoms with Crippen LogP contribution >= 0.6 is 11.6 Å². The number of hydrogen-bond acceptors (Lipinski definition) is 5. The first kappa shape index (κ1) is 27.8. The quantitative estimate of drug-likeness (QED) is 0.431. The van der Waals surface area contributed by atoms with Crippen LogP contribution in [0.25, 0.3) is 0 Å². The van der Waals surface area contributed by atoms with Crippen LogP contribution in [0.15, 0.2) is 66.9 Å². The molecular weight excluding hydrogens is 520 g/mol. The largest absolute Gasteiger partial charge is 0.481 e. The van der Waals surface area contributed by atoms with Crippen molar-refractivity contribution in [2.24, 2.45) is 0 Å². The van der Waals surface area contributed by atoms with Gasteiger partial charge in [-0.2, -0.15) is 0 Å². The summed E-state index contributed by atoms with van der Waals surface area (Å²) in [6.07, 6.45) is 0.167. The summed E-state index contributed by atoms with van der Waals surface area (Å²) in [4.78, 5) is 59.6. The second-order valence-corrected chi connectivity index (χ2v) is 9.86. The van der Waals surface area contributed by atoms with Crippen LogP contribution in [0.5, 0.6) is 0 Å². The minimum atomic E-state index is -1.34. The Labute approximate surface area is 231 Å². The highest BCUT2D eigenvalue weighted by molar-refractivity contribution is 6.32. The third-order valence-corrected chi connectivity index (χ3v) is 6.87. The molecule has 1 saturated heterocycles. The van der Waals surface area contributed by atoms with Gasteiger partial charge in [-0.1, -0.05) is 59.1 Å². The number of aliphatic carboxylic acids is 1. The highest BCUT2D eigenvalue weighted by Crippen LogP contribution is 2.25. The Kier molecular flexibility index (Phi) is 8.61. The van der Waals surface area contributed by atoms with Gasteiger partial charge in [0.15, 0.2) is 6.17 Å². The molecule has 2 N–H and O–H groups in total. The highest BCUT2D eigenvalue weighted by Gasteiger charge is 2.42. The molecule has 0 radical (unpaired) electrons. The fourth-order valence-electron chi connectivity index (χ4n) is 4.65. The van der Waals surface area contributed by atoms with Crippen molar-refractivity contribution < 1.29 is 24.3 Å². The number of nitrogens with one attached hydrogen (secondary N) is 1. The lowest BCUT2D eigenvalue weighted by Crippen LogP contribution is -2.63. The molecule has 3 amide bonds. The van der Waals surface area contributed by atoms with Crippen molar-refractivity contribution in [2.45, 2.75) is 38.9 Å². The average molecular weight is 549 g/mol. The van der Waals surface area contributed by atoms with Crippen LogP contribution in [-0.2, 0) is 9.59 Å². The number of carbonyl (C=O) groups is 4. The number of pyridine rings is 1. The fourth-order valence-corrected chi connectivity index (χ4v) is 4.85. The number of carboxylic acid groups (broad SMARTS) is 1. The molecule has 202 valence electrons. The van der Waals surface area contributed by atoms with Crippen LogP contribution in [0.4, 0.5) is 0 Å². The molecule has 1 aromatic heterocycles. The standard InChI is InChI=1S/C29H29ClN4O5/c1-18-9-11-20(12-10-18)28(38)33-14-5-15-34(29(39)22-8-4-13-31-25(22)30)27(33)26(37)32-23(17-24(35)36)21-7-3-6-19(2)16-21/h3-4,6-13,16,23,27H,5,14-15,17H2,1-2H3,(H,32,37)(H,35,36). The lowest BCUT2D eigenvalue weighted by molar-refractivity contribution is -0.138. The van der Waals surface area contributed by atoms with E-state index in [-0.39, 0.29) is 30.2 Å². The average Bonchev–Trinajstić information content (AvgIpc) is 2.92. The number of benzene rings is 2. The molecule has 0 spiro atoms. The van der Waals surface area contributed by atoms with E-state index in [1.54, 1.807) is 48.5 Å². The van der Waals surface area contributed by atoms with Crippen molar-refractivity contribution in [3.05, 3.63) is 99.8 Å².